The van der Waals surface area contributed by atoms with Crippen LogP contribution >= 0.6 is 0 Å². The number of hydrogen-bond donors (Lipinski definition) is 4. The van der Waals surface area contributed by atoms with E-state index in [0.717, 1.165) is 0 Å². The third-order valence-electron chi connectivity index (χ3n) is 5.37. The van der Waals surface area contributed by atoms with E-state index in [-0.39, 0.29) is 12.3 Å². The molecule has 0 saturated heterocycles. The zero-order chi connectivity index (χ0) is 23.8. The summed E-state index contributed by atoms with van der Waals surface area (Å²) in [7, 11) is 0. The highest BCUT2D eigenvalue weighted by Gasteiger charge is 2.37. The number of carbonyl (C=O) groups is 1. The summed E-state index contributed by atoms with van der Waals surface area (Å²) in [5.41, 5.74) is 3.63. The molecule has 172 valence electrons. The summed E-state index contributed by atoms with van der Waals surface area (Å²) in [6, 6.07) is 10.2. The largest absolute Gasteiger partial charge is 0.494 e. The van der Waals surface area contributed by atoms with Gasteiger partial charge in [0.05, 0.1) is 18.6 Å². The number of amidine groups is 1. The fraction of sp³-hybridized carbons (Fsp3) is 0.261. The third kappa shape index (κ3) is 5.53. The van der Waals surface area contributed by atoms with Gasteiger partial charge in [-0.25, -0.2) is 0 Å². The monoisotopic (exact) mass is 451 g/mol. The molecule has 0 radical (unpaired) electrons. The van der Waals surface area contributed by atoms with Crippen LogP contribution in [0.2, 0.25) is 0 Å². The highest BCUT2D eigenvalue weighted by atomic mass is 16.5. The van der Waals surface area contributed by atoms with Gasteiger partial charge in [0.1, 0.15) is 11.6 Å². The normalized spacial score (nSPS) is 12.6. The first-order valence-electron chi connectivity index (χ1n) is 10.3. The Morgan fingerprint density at radius 2 is 1.97 bits per heavy atom. The predicted molar refractivity (Wildman–Crippen MR) is 122 cm³/mol. The average molecular weight is 451 g/mol. The van der Waals surface area contributed by atoms with Gasteiger partial charge in [0.15, 0.2) is 0 Å². The predicted octanol–water partition coefficient (Wildman–Crippen LogP) is 1.68. The number of nitrogens with two attached hydrogens (primary N) is 1. The van der Waals surface area contributed by atoms with Gasteiger partial charge >= 0.3 is 17.1 Å². The van der Waals surface area contributed by atoms with E-state index in [1.54, 1.807) is 42.6 Å². The number of nitrogen functional groups attached to an aromatic ring is 1. The molecule has 2 heterocycles. The van der Waals surface area contributed by atoms with Gasteiger partial charge in [-0.2, -0.15) is 0 Å². The molecule has 0 amide bonds. The Hall–Kier alpha value is -4.21. The lowest BCUT2D eigenvalue weighted by molar-refractivity contribution is -0.139. The SMILES string of the molecule is N=C(N)c1ccc(OCCCCC(CC(=O)O)(c2cccnc2)n2cc[nH]c(=O)c2=O)cc1. The summed E-state index contributed by atoms with van der Waals surface area (Å²) < 4.78 is 6.92. The van der Waals surface area contributed by atoms with Crippen molar-refractivity contribution in [3.05, 3.63) is 93.0 Å². The Morgan fingerprint density at radius 3 is 2.61 bits per heavy atom. The minimum Gasteiger partial charge on any atom is -0.494 e. The standard InChI is InChI=1S/C23H25N5O5/c24-20(25)16-5-7-18(8-6-16)33-13-2-1-9-23(14-19(29)30,17-4-3-10-26-15-17)28-12-11-27-21(31)22(28)32/h3-8,10-12,15H,1-2,9,13-14H2,(H3,24,25)(H,27,31)(H,29,30). The number of carboxylic acid groups (broad SMARTS) is 1. The van der Waals surface area contributed by atoms with Gasteiger partial charge in [0.2, 0.25) is 0 Å². The molecule has 0 bridgehead atoms. The molecule has 0 aliphatic heterocycles. The molecule has 0 spiro atoms. The molecule has 0 saturated carbocycles. The van der Waals surface area contributed by atoms with Gasteiger partial charge in [0, 0.05) is 30.4 Å². The van der Waals surface area contributed by atoms with E-state index >= 15 is 0 Å². The second-order valence-corrected chi connectivity index (χ2v) is 7.55. The van der Waals surface area contributed by atoms with Gasteiger partial charge in [-0.1, -0.05) is 6.07 Å². The topological polar surface area (TPSA) is 164 Å². The molecule has 3 rings (SSSR count). The molecule has 0 aliphatic carbocycles. The van der Waals surface area contributed by atoms with Gasteiger partial charge in [0.25, 0.3) is 0 Å². The van der Waals surface area contributed by atoms with Gasteiger partial charge in [-0.15, -0.1) is 0 Å². The van der Waals surface area contributed by atoms with Crippen molar-refractivity contribution >= 4 is 11.8 Å². The zero-order valence-electron chi connectivity index (χ0n) is 17.9. The van der Waals surface area contributed by atoms with Crippen LogP contribution < -0.4 is 21.6 Å². The van der Waals surface area contributed by atoms with Gasteiger partial charge in [-0.3, -0.25) is 29.3 Å². The summed E-state index contributed by atoms with van der Waals surface area (Å²) in [6.07, 6.45) is 6.78. The number of unbranched alkanes of at least 4 members (excludes halogenated alkanes) is 1. The Morgan fingerprint density at radius 1 is 1.21 bits per heavy atom. The number of nitrogens with zero attached hydrogens (tertiary/aromatic N) is 2. The Labute approximate surface area is 189 Å². The van der Waals surface area contributed by atoms with Crippen molar-refractivity contribution in [1.82, 2.24) is 14.5 Å². The minimum atomic E-state index is -1.28. The molecule has 0 aliphatic rings. The lowest BCUT2D eigenvalue weighted by atomic mass is 9.82. The summed E-state index contributed by atoms with van der Waals surface area (Å²) in [5.74, 6) is -0.510. The van der Waals surface area contributed by atoms with Gasteiger partial charge < -0.3 is 20.6 Å². The molecule has 10 nitrogen and oxygen atoms in total. The first kappa shape index (κ1) is 23.5. The number of H-pyrrole nitrogens is 1. The van der Waals surface area contributed by atoms with Crippen LogP contribution in [0.4, 0.5) is 0 Å². The van der Waals surface area contributed by atoms with Crippen LogP contribution in [-0.2, 0) is 10.3 Å². The fourth-order valence-corrected chi connectivity index (χ4v) is 3.77. The van der Waals surface area contributed by atoms with Crippen molar-refractivity contribution in [2.24, 2.45) is 5.73 Å². The second kappa shape index (κ2) is 10.4. The third-order valence-corrected chi connectivity index (χ3v) is 5.37. The number of carboxylic acids is 1. The molecular weight excluding hydrogens is 426 g/mol. The molecule has 1 unspecified atom stereocenters. The zero-order valence-corrected chi connectivity index (χ0v) is 17.9. The van der Waals surface area contributed by atoms with Crippen molar-refractivity contribution in [3.8, 4) is 5.75 Å². The van der Waals surface area contributed by atoms with E-state index in [1.807, 2.05) is 0 Å². The fourth-order valence-electron chi connectivity index (χ4n) is 3.77. The number of rotatable bonds is 11. The van der Waals surface area contributed by atoms with Gasteiger partial charge in [-0.05, 0) is 55.2 Å². The number of ether oxygens (including phenoxy) is 1. The Kier molecular flexibility index (Phi) is 7.39. The van der Waals surface area contributed by atoms with E-state index in [9.17, 15) is 19.5 Å². The van der Waals surface area contributed by atoms with E-state index < -0.39 is 29.0 Å². The van der Waals surface area contributed by atoms with Crippen LogP contribution in [-0.4, -0.2) is 38.1 Å². The lowest BCUT2D eigenvalue weighted by Gasteiger charge is -2.35. The van der Waals surface area contributed by atoms with E-state index in [2.05, 4.69) is 9.97 Å². The maximum Gasteiger partial charge on any atom is 0.317 e. The van der Waals surface area contributed by atoms with E-state index in [1.165, 1.54) is 23.2 Å². The molecule has 3 aromatic rings. The van der Waals surface area contributed by atoms with Crippen LogP contribution in [0.3, 0.4) is 0 Å². The summed E-state index contributed by atoms with van der Waals surface area (Å²) in [4.78, 5) is 42.9. The van der Waals surface area contributed by atoms with Crippen molar-refractivity contribution in [2.45, 2.75) is 31.2 Å². The van der Waals surface area contributed by atoms with Crippen LogP contribution in [0.5, 0.6) is 5.75 Å². The maximum absolute atomic E-state index is 12.7. The molecule has 2 aromatic heterocycles. The summed E-state index contributed by atoms with van der Waals surface area (Å²) in [6.45, 7) is 0.361. The quantitative estimate of drug-likeness (QED) is 0.149. The number of pyridine rings is 1. The number of aromatic nitrogens is 3. The molecule has 5 N–H and O–H groups in total. The Balaban J connectivity index is 1.80. The van der Waals surface area contributed by atoms with Crippen molar-refractivity contribution in [2.75, 3.05) is 6.61 Å². The number of aliphatic carboxylic acids is 1. The lowest BCUT2D eigenvalue weighted by Crippen LogP contribution is -2.48. The van der Waals surface area contributed by atoms with E-state index in [0.29, 0.717) is 36.3 Å². The smallest absolute Gasteiger partial charge is 0.317 e. The molecule has 10 heteroatoms. The molecule has 1 atom stereocenters. The number of benzene rings is 1. The van der Waals surface area contributed by atoms with Crippen LogP contribution in [0.1, 0.15) is 36.8 Å². The van der Waals surface area contributed by atoms with E-state index in [4.69, 9.17) is 15.9 Å². The van der Waals surface area contributed by atoms with Crippen LogP contribution in [0.25, 0.3) is 0 Å². The van der Waals surface area contributed by atoms with Crippen LogP contribution in [0.15, 0.2) is 70.8 Å². The highest BCUT2D eigenvalue weighted by Crippen LogP contribution is 2.34. The summed E-state index contributed by atoms with van der Waals surface area (Å²) >= 11 is 0. The highest BCUT2D eigenvalue weighted by molar-refractivity contribution is 5.94. The van der Waals surface area contributed by atoms with Crippen molar-refractivity contribution in [1.29, 1.82) is 5.41 Å². The molecule has 33 heavy (non-hydrogen) atoms. The average Bonchev–Trinajstić information content (AvgIpc) is 2.80. The molecular formula is C23H25N5O5. The number of aromatic amines is 1. The minimum absolute atomic E-state index is 0.0262. The summed E-state index contributed by atoms with van der Waals surface area (Å²) in [5, 5.41) is 17.1. The first-order chi connectivity index (χ1) is 15.8. The number of hydrogen-bond acceptors (Lipinski definition) is 6. The van der Waals surface area contributed by atoms with Crippen molar-refractivity contribution < 1.29 is 14.6 Å². The first-order valence-corrected chi connectivity index (χ1v) is 10.3. The number of nitrogens with one attached hydrogen (secondary N) is 2. The molecule has 0 fully saturated rings. The maximum atomic E-state index is 12.7. The van der Waals surface area contributed by atoms with Crippen molar-refractivity contribution in [3.63, 3.8) is 0 Å². The second-order valence-electron chi connectivity index (χ2n) is 7.55. The Bertz CT molecular complexity index is 1220. The van der Waals surface area contributed by atoms with Crippen LogP contribution in [0, 0.1) is 5.41 Å². The molecule has 1 aromatic carbocycles.